The van der Waals surface area contributed by atoms with Crippen molar-refractivity contribution in [2.45, 2.75) is 20.0 Å². The monoisotopic (exact) mass is 349 g/mol. The molecule has 2 aromatic rings. The summed E-state index contributed by atoms with van der Waals surface area (Å²) in [7, 11) is 0. The van der Waals surface area contributed by atoms with Gasteiger partial charge in [-0.05, 0) is 44.2 Å². The zero-order chi connectivity index (χ0) is 15.4. The number of amides is 1. The number of anilines is 2. The quantitative estimate of drug-likeness (QED) is 0.828. The van der Waals surface area contributed by atoms with E-state index in [1.54, 1.807) is 36.5 Å². The van der Waals surface area contributed by atoms with E-state index in [1.165, 1.54) is 0 Å². The maximum absolute atomic E-state index is 12.3. The van der Waals surface area contributed by atoms with Gasteiger partial charge in [0.15, 0.2) is 0 Å². The van der Waals surface area contributed by atoms with Gasteiger partial charge in [0.1, 0.15) is 5.69 Å². The van der Waals surface area contributed by atoms with Crippen molar-refractivity contribution in [2.75, 3.05) is 11.1 Å². The number of nitrogens with two attached hydrogens (primary N) is 1. The second-order valence-corrected chi connectivity index (χ2v) is 5.62. The average molecular weight is 350 g/mol. The fraction of sp³-hybridized carbons (Fsp3) is 0.200. The molecule has 3 N–H and O–H groups in total. The number of nitrogens with one attached hydrogen (secondary N) is 1. The van der Waals surface area contributed by atoms with E-state index in [1.807, 2.05) is 13.8 Å². The molecule has 6 heteroatoms. The van der Waals surface area contributed by atoms with Crippen LogP contribution in [0.15, 0.2) is 41.0 Å². The predicted octanol–water partition coefficient (Wildman–Crippen LogP) is 3.47. The number of halogens is 1. The number of carbonyl (C=O) groups excluding carboxylic acids is 1. The van der Waals surface area contributed by atoms with Gasteiger partial charge in [0.05, 0.1) is 11.7 Å². The number of benzene rings is 1. The number of nitrogens with zero attached hydrogens (tertiary/aromatic N) is 1. The molecule has 0 aliphatic heterocycles. The molecule has 0 bridgehead atoms. The van der Waals surface area contributed by atoms with Crippen LogP contribution in [-0.4, -0.2) is 17.0 Å². The van der Waals surface area contributed by atoms with Crippen LogP contribution >= 0.6 is 15.9 Å². The van der Waals surface area contributed by atoms with Crippen LogP contribution in [0.2, 0.25) is 0 Å². The van der Waals surface area contributed by atoms with Crippen LogP contribution in [0, 0.1) is 0 Å². The van der Waals surface area contributed by atoms with Gasteiger partial charge in [0.2, 0.25) is 5.88 Å². The van der Waals surface area contributed by atoms with Gasteiger partial charge in [-0.15, -0.1) is 0 Å². The van der Waals surface area contributed by atoms with Crippen molar-refractivity contribution in [3.63, 3.8) is 0 Å². The molecule has 0 aliphatic carbocycles. The second-order valence-electron chi connectivity index (χ2n) is 4.71. The van der Waals surface area contributed by atoms with Crippen molar-refractivity contribution in [1.82, 2.24) is 4.98 Å². The van der Waals surface area contributed by atoms with Gasteiger partial charge in [-0.2, -0.15) is 0 Å². The summed E-state index contributed by atoms with van der Waals surface area (Å²) in [5.41, 5.74) is 7.14. The average Bonchev–Trinajstić information content (AvgIpc) is 2.43. The first-order chi connectivity index (χ1) is 9.97. The Morgan fingerprint density at radius 1 is 1.38 bits per heavy atom. The summed E-state index contributed by atoms with van der Waals surface area (Å²) in [6.45, 7) is 3.79. The smallest absolute Gasteiger partial charge is 0.257 e. The van der Waals surface area contributed by atoms with Gasteiger partial charge in [-0.25, -0.2) is 4.98 Å². The fourth-order valence-electron chi connectivity index (χ4n) is 1.72. The molecule has 0 fully saturated rings. The van der Waals surface area contributed by atoms with Crippen molar-refractivity contribution < 1.29 is 9.53 Å². The molecule has 0 atom stereocenters. The lowest BCUT2D eigenvalue weighted by Gasteiger charge is -2.14. The minimum Gasteiger partial charge on any atom is -0.473 e. The van der Waals surface area contributed by atoms with Crippen LogP contribution in [0.25, 0.3) is 0 Å². The zero-order valence-corrected chi connectivity index (χ0v) is 13.3. The highest BCUT2D eigenvalue weighted by Gasteiger charge is 2.14. The molecule has 110 valence electrons. The predicted molar refractivity (Wildman–Crippen MR) is 86.5 cm³/mol. The number of hydrogen-bond acceptors (Lipinski definition) is 4. The largest absolute Gasteiger partial charge is 0.473 e. The van der Waals surface area contributed by atoms with E-state index < -0.39 is 0 Å². The third kappa shape index (κ3) is 3.95. The van der Waals surface area contributed by atoms with Crippen molar-refractivity contribution in [3.8, 4) is 5.88 Å². The second kappa shape index (κ2) is 6.58. The highest BCUT2D eigenvalue weighted by atomic mass is 79.9. The molecule has 0 saturated heterocycles. The first-order valence-corrected chi connectivity index (χ1v) is 7.24. The topological polar surface area (TPSA) is 77.2 Å². The molecule has 1 amide bonds. The van der Waals surface area contributed by atoms with Crippen LogP contribution in [0.4, 0.5) is 11.4 Å². The van der Waals surface area contributed by atoms with E-state index in [9.17, 15) is 4.79 Å². The van der Waals surface area contributed by atoms with E-state index in [2.05, 4.69) is 26.2 Å². The molecule has 1 aromatic carbocycles. The number of aromatic nitrogens is 1. The van der Waals surface area contributed by atoms with Crippen molar-refractivity contribution in [3.05, 3.63) is 46.6 Å². The molecule has 21 heavy (non-hydrogen) atoms. The lowest BCUT2D eigenvalue weighted by molar-refractivity contribution is 0.102. The van der Waals surface area contributed by atoms with E-state index in [4.69, 9.17) is 10.5 Å². The Balaban J connectivity index is 2.25. The number of carbonyl (C=O) groups is 1. The molecular formula is C15H16BrN3O2. The first-order valence-electron chi connectivity index (χ1n) is 6.45. The minimum absolute atomic E-state index is 0.0357. The summed E-state index contributed by atoms with van der Waals surface area (Å²) in [6.07, 6.45) is 1.58. The van der Waals surface area contributed by atoms with Gasteiger partial charge in [0, 0.05) is 16.4 Å². The number of hydrogen-bond donors (Lipinski definition) is 2. The number of nitrogen functional groups attached to an aromatic ring is 1. The molecular weight excluding hydrogens is 334 g/mol. The molecule has 0 unspecified atom stereocenters. The molecule has 1 aromatic heterocycles. The molecule has 0 spiro atoms. The highest BCUT2D eigenvalue weighted by Crippen LogP contribution is 2.24. The fourth-order valence-corrected chi connectivity index (χ4v) is 2.08. The molecule has 1 heterocycles. The van der Waals surface area contributed by atoms with Crippen LogP contribution < -0.4 is 15.8 Å². The molecule has 0 aliphatic rings. The Hall–Kier alpha value is -2.08. The van der Waals surface area contributed by atoms with Gasteiger partial charge in [0.25, 0.3) is 5.91 Å². The molecule has 0 saturated carbocycles. The zero-order valence-electron chi connectivity index (χ0n) is 11.8. The lowest BCUT2D eigenvalue weighted by Crippen LogP contribution is -2.16. The number of rotatable bonds is 4. The first kappa shape index (κ1) is 15.3. The normalized spacial score (nSPS) is 10.5. The van der Waals surface area contributed by atoms with E-state index >= 15 is 0 Å². The third-order valence-corrected chi connectivity index (χ3v) is 3.12. The van der Waals surface area contributed by atoms with E-state index in [0.29, 0.717) is 22.8 Å². The molecule has 2 rings (SSSR count). The van der Waals surface area contributed by atoms with Gasteiger partial charge >= 0.3 is 0 Å². The number of ether oxygens (including phenoxy) is 1. The van der Waals surface area contributed by atoms with Gasteiger partial charge in [-0.1, -0.05) is 15.9 Å². The summed E-state index contributed by atoms with van der Waals surface area (Å²) < 4.78 is 6.35. The Bertz CT molecular complexity index is 659. The lowest BCUT2D eigenvalue weighted by atomic mass is 10.1. The number of pyridine rings is 1. The Labute approximate surface area is 131 Å². The standard InChI is InChI=1S/C15H16BrN3O2/c1-9(2)21-15-13(4-3-7-18-15)19-14(20)11-8-10(16)5-6-12(11)17/h3-9H,17H2,1-2H3,(H,19,20). The Morgan fingerprint density at radius 3 is 2.86 bits per heavy atom. The van der Waals surface area contributed by atoms with E-state index in [-0.39, 0.29) is 12.0 Å². The van der Waals surface area contributed by atoms with Crippen LogP contribution in [0.1, 0.15) is 24.2 Å². The van der Waals surface area contributed by atoms with Crippen molar-refractivity contribution in [2.24, 2.45) is 0 Å². The summed E-state index contributed by atoms with van der Waals surface area (Å²) >= 11 is 3.32. The molecule has 5 nitrogen and oxygen atoms in total. The summed E-state index contributed by atoms with van der Waals surface area (Å²) in [5.74, 6) is 0.0739. The minimum atomic E-state index is -0.310. The van der Waals surface area contributed by atoms with Crippen LogP contribution in [0.3, 0.4) is 0 Å². The maximum atomic E-state index is 12.3. The summed E-state index contributed by atoms with van der Waals surface area (Å²) in [6, 6.07) is 8.59. The Kier molecular flexibility index (Phi) is 4.80. The van der Waals surface area contributed by atoms with E-state index in [0.717, 1.165) is 4.47 Å². The van der Waals surface area contributed by atoms with Gasteiger partial charge in [-0.3, -0.25) is 4.79 Å². The Morgan fingerprint density at radius 2 is 2.14 bits per heavy atom. The third-order valence-electron chi connectivity index (χ3n) is 2.63. The summed E-state index contributed by atoms with van der Waals surface area (Å²) in [5, 5.41) is 2.77. The van der Waals surface area contributed by atoms with Crippen molar-refractivity contribution in [1.29, 1.82) is 0 Å². The highest BCUT2D eigenvalue weighted by molar-refractivity contribution is 9.10. The van der Waals surface area contributed by atoms with Crippen LogP contribution in [0.5, 0.6) is 5.88 Å². The van der Waals surface area contributed by atoms with Crippen LogP contribution in [-0.2, 0) is 0 Å². The van der Waals surface area contributed by atoms with Gasteiger partial charge < -0.3 is 15.8 Å². The van der Waals surface area contributed by atoms with Crippen molar-refractivity contribution >= 4 is 33.2 Å². The SMILES string of the molecule is CC(C)Oc1ncccc1NC(=O)c1cc(Br)ccc1N. The molecule has 0 radical (unpaired) electrons. The maximum Gasteiger partial charge on any atom is 0.257 e. The summed E-state index contributed by atoms with van der Waals surface area (Å²) in [4.78, 5) is 16.5.